The Kier molecular flexibility index (Phi) is 6.10. The molecule has 6 nitrogen and oxygen atoms in total. The van der Waals surface area contributed by atoms with E-state index < -0.39 is 20.0 Å². The summed E-state index contributed by atoms with van der Waals surface area (Å²) in [6.45, 7) is 4.16. The number of sulfonamides is 2. The third kappa shape index (κ3) is 4.44. The van der Waals surface area contributed by atoms with Gasteiger partial charge in [0.1, 0.15) is 0 Å². The van der Waals surface area contributed by atoms with Crippen LogP contribution in [-0.2, 0) is 20.0 Å². The summed E-state index contributed by atoms with van der Waals surface area (Å²) in [6, 6.07) is 12.5. The van der Waals surface area contributed by atoms with E-state index in [9.17, 15) is 16.8 Å². The van der Waals surface area contributed by atoms with Crippen LogP contribution in [0.4, 0.5) is 5.69 Å². The highest BCUT2D eigenvalue weighted by Crippen LogP contribution is 2.23. The van der Waals surface area contributed by atoms with Crippen LogP contribution < -0.4 is 4.72 Å². The van der Waals surface area contributed by atoms with Gasteiger partial charge in [-0.1, -0.05) is 32.0 Å². The van der Waals surface area contributed by atoms with Crippen LogP contribution in [0.2, 0.25) is 0 Å². The summed E-state index contributed by atoms with van der Waals surface area (Å²) in [4.78, 5) is 0.153. The van der Waals surface area contributed by atoms with Crippen LogP contribution in [-0.4, -0.2) is 35.2 Å². The molecular formula is C18H24N2O4S2. The molecule has 8 heteroatoms. The molecule has 0 radical (unpaired) electrons. The molecule has 0 heterocycles. The fourth-order valence-corrected chi connectivity index (χ4v) is 4.35. The van der Waals surface area contributed by atoms with Crippen LogP contribution in [0.25, 0.3) is 0 Å². The summed E-state index contributed by atoms with van der Waals surface area (Å²) in [5.41, 5.74) is 1.27. The van der Waals surface area contributed by atoms with E-state index in [1.54, 1.807) is 24.3 Å². The number of anilines is 1. The van der Waals surface area contributed by atoms with Gasteiger partial charge < -0.3 is 0 Å². The van der Waals surface area contributed by atoms with Crippen molar-refractivity contribution in [3.63, 3.8) is 0 Å². The summed E-state index contributed by atoms with van der Waals surface area (Å²) >= 11 is 0. The van der Waals surface area contributed by atoms with Gasteiger partial charge in [-0.2, -0.15) is 0 Å². The summed E-state index contributed by atoms with van der Waals surface area (Å²) in [6.07, 6.45) is 0.970. The number of nitrogens with one attached hydrogen (secondary N) is 1. The van der Waals surface area contributed by atoms with Gasteiger partial charge in [-0.15, -0.1) is 0 Å². The Balaban J connectivity index is 2.30. The molecule has 0 aromatic heterocycles. The molecule has 0 amide bonds. The molecule has 0 saturated carbocycles. The van der Waals surface area contributed by atoms with Gasteiger partial charge in [0.15, 0.2) is 0 Å². The van der Waals surface area contributed by atoms with Crippen LogP contribution in [0.5, 0.6) is 0 Å². The maximum atomic E-state index is 12.6. The van der Waals surface area contributed by atoms with Crippen LogP contribution in [0.15, 0.2) is 58.3 Å². The van der Waals surface area contributed by atoms with Crippen LogP contribution >= 0.6 is 0 Å². The minimum atomic E-state index is -3.80. The quantitative estimate of drug-likeness (QED) is 0.779. The van der Waals surface area contributed by atoms with E-state index in [0.717, 1.165) is 16.3 Å². The van der Waals surface area contributed by atoms with E-state index in [1.807, 2.05) is 0 Å². The lowest BCUT2D eigenvalue weighted by atomic mass is 9.99. The monoisotopic (exact) mass is 396 g/mol. The first-order chi connectivity index (χ1) is 12.1. The Morgan fingerprint density at radius 3 is 2.12 bits per heavy atom. The highest BCUT2D eigenvalue weighted by Gasteiger charge is 2.19. The molecule has 0 aliphatic carbocycles. The Labute approximate surface area is 156 Å². The molecule has 0 spiro atoms. The van der Waals surface area contributed by atoms with Crippen molar-refractivity contribution < 1.29 is 16.8 Å². The van der Waals surface area contributed by atoms with E-state index in [1.165, 1.54) is 38.4 Å². The fourth-order valence-electron chi connectivity index (χ4n) is 2.36. The summed E-state index contributed by atoms with van der Waals surface area (Å²) in [7, 11) is -4.60. The second-order valence-corrected chi connectivity index (χ2v) is 10.1. The average molecular weight is 397 g/mol. The molecule has 142 valence electrons. The first kappa shape index (κ1) is 20.4. The molecular weight excluding hydrogens is 372 g/mol. The minimum Gasteiger partial charge on any atom is -0.280 e. The molecule has 0 unspecified atom stereocenters. The van der Waals surface area contributed by atoms with Crippen LogP contribution in [0.3, 0.4) is 0 Å². The lowest BCUT2D eigenvalue weighted by Crippen LogP contribution is -2.22. The van der Waals surface area contributed by atoms with Crippen molar-refractivity contribution >= 4 is 25.7 Å². The second kappa shape index (κ2) is 7.77. The molecule has 0 aliphatic heterocycles. The van der Waals surface area contributed by atoms with Gasteiger partial charge in [-0.3, -0.25) is 4.72 Å². The van der Waals surface area contributed by atoms with E-state index >= 15 is 0 Å². The van der Waals surface area contributed by atoms with Gasteiger partial charge in [0.2, 0.25) is 10.0 Å². The van der Waals surface area contributed by atoms with E-state index in [0.29, 0.717) is 5.92 Å². The Hall–Kier alpha value is -1.90. The van der Waals surface area contributed by atoms with Crippen molar-refractivity contribution in [2.45, 2.75) is 36.0 Å². The van der Waals surface area contributed by atoms with E-state index in [2.05, 4.69) is 18.6 Å². The third-order valence-electron chi connectivity index (χ3n) is 4.24. The maximum absolute atomic E-state index is 12.6. The minimum absolute atomic E-state index is 0.0230. The van der Waals surface area contributed by atoms with Crippen molar-refractivity contribution in [1.29, 1.82) is 0 Å². The Bertz CT molecular complexity index is 967. The van der Waals surface area contributed by atoms with Crippen molar-refractivity contribution in [1.82, 2.24) is 4.31 Å². The van der Waals surface area contributed by atoms with E-state index in [-0.39, 0.29) is 15.5 Å². The second-order valence-electron chi connectivity index (χ2n) is 6.30. The smallest absolute Gasteiger partial charge is 0.261 e. The van der Waals surface area contributed by atoms with Gasteiger partial charge in [0.05, 0.1) is 15.5 Å². The zero-order valence-corrected chi connectivity index (χ0v) is 16.9. The highest BCUT2D eigenvalue weighted by molar-refractivity contribution is 7.92. The average Bonchev–Trinajstić information content (AvgIpc) is 2.60. The predicted octanol–water partition coefficient (Wildman–Crippen LogP) is 3.25. The predicted molar refractivity (Wildman–Crippen MR) is 103 cm³/mol. The fraction of sp³-hybridized carbons (Fsp3) is 0.333. The molecule has 2 aromatic carbocycles. The molecule has 0 fully saturated rings. The Morgan fingerprint density at radius 2 is 1.58 bits per heavy atom. The zero-order valence-electron chi connectivity index (χ0n) is 15.3. The van der Waals surface area contributed by atoms with Gasteiger partial charge >= 0.3 is 0 Å². The van der Waals surface area contributed by atoms with Crippen molar-refractivity contribution in [2.75, 3.05) is 18.8 Å². The van der Waals surface area contributed by atoms with Gasteiger partial charge in [-0.25, -0.2) is 21.1 Å². The molecule has 2 rings (SSSR count). The summed E-state index contributed by atoms with van der Waals surface area (Å²) in [5, 5.41) is 0. The van der Waals surface area contributed by atoms with Crippen molar-refractivity contribution in [3.05, 3.63) is 54.1 Å². The Morgan fingerprint density at radius 1 is 0.962 bits per heavy atom. The summed E-state index contributed by atoms with van der Waals surface area (Å²) < 4.78 is 53.1. The topological polar surface area (TPSA) is 83.5 Å². The molecule has 0 saturated heterocycles. The standard InChI is InChI=1S/C18H24N2O4S2/c1-5-14(2)15-9-11-17(12-10-15)25(21,22)19-16-7-6-8-18(13-16)26(23,24)20(3)4/h6-14,19H,5H2,1-4H3/t14-/m0/s1. The summed E-state index contributed by atoms with van der Waals surface area (Å²) in [5.74, 6) is 0.354. The molecule has 1 atom stereocenters. The lowest BCUT2D eigenvalue weighted by molar-refractivity contribution is 0.521. The molecule has 0 bridgehead atoms. The maximum Gasteiger partial charge on any atom is 0.261 e. The van der Waals surface area contributed by atoms with E-state index in [4.69, 9.17) is 0 Å². The first-order valence-corrected chi connectivity index (χ1v) is 11.2. The normalized spacial score (nSPS) is 13.6. The first-order valence-electron chi connectivity index (χ1n) is 8.23. The van der Waals surface area contributed by atoms with Gasteiger partial charge in [0.25, 0.3) is 10.0 Å². The van der Waals surface area contributed by atoms with Gasteiger partial charge in [0, 0.05) is 14.1 Å². The SMILES string of the molecule is CC[C@H](C)c1ccc(S(=O)(=O)Nc2cccc(S(=O)(=O)N(C)C)c2)cc1. The number of hydrogen-bond donors (Lipinski definition) is 1. The van der Waals surface area contributed by atoms with Crippen LogP contribution in [0.1, 0.15) is 31.7 Å². The van der Waals surface area contributed by atoms with Crippen molar-refractivity contribution in [2.24, 2.45) is 0 Å². The zero-order chi connectivity index (χ0) is 19.5. The molecule has 2 aromatic rings. The number of hydrogen-bond acceptors (Lipinski definition) is 4. The third-order valence-corrected chi connectivity index (χ3v) is 7.44. The molecule has 26 heavy (non-hydrogen) atoms. The van der Waals surface area contributed by atoms with Crippen LogP contribution in [0, 0.1) is 0 Å². The van der Waals surface area contributed by atoms with Gasteiger partial charge in [-0.05, 0) is 48.2 Å². The molecule has 0 aliphatic rings. The molecule has 1 N–H and O–H groups in total. The highest BCUT2D eigenvalue weighted by atomic mass is 32.2. The number of rotatable bonds is 7. The largest absolute Gasteiger partial charge is 0.280 e. The lowest BCUT2D eigenvalue weighted by Gasteiger charge is -2.14. The number of benzene rings is 2. The number of nitrogens with zero attached hydrogens (tertiary/aromatic N) is 1. The van der Waals surface area contributed by atoms with Crippen molar-refractivity contribution in [3.8, 4) is 0 Å².